The van der Waals surface area contributed by atoms with Gasteiger partial charge in [0.05, 0.1) is 6.54 Å². The van der Waals surface area contributed by atoms with E-state index in [1.54, 1.807) is 16.7 Å². The van der Waals surface area contributed by atoms with Gasteiger partial charge in [-0.3, -0.25) is 0 Å². The van der Waals surface area contributed by atoms with E-state index in [-0.39, 0.29) is 12.6 Å². The summed E-state index contributed by atoms with van der Waals surface area (Å²) in [6.07, 6.45) is 0. The first-order chi connectivity index (χ1) is 7.43. The standard InChI is InChI=1S/C9H16N2O4S/c1-9(15,7(12)13)6-10-8(14)11-2-4-16-5-3-11/h15H,2-6H2,1H3,(H,10,14)(H,12,13). The van der Waals surface area contributed by atoms with Gasteiger partial charge in [-0.1, -0.05) is 0 Å². The average molecular weight is 248 g/mol. The Labute approximate surface area is 98.0 Å². The number of hydrogen-bond acceptors (Lipinski definition) is 4. The molecule has 0 aromatic carbocycles. The fourth-order valence-corrected chi connectivity index (χ4v) is 2.10. The van der Waals surface area contributed by atoms with E-state index >= 15 is 0 Å². The lowest BCUT2D eigenvalue weighted by Crippen LogP contribution is -2.51. The minimum Gasteiger partial charge on any atom is -0.479 e. The summed E-state index contributed by atoms with van der Waals surface area (Å²) < 4.78 is 0. The van der Waals surface area contributed by atoms with Gasteiger partial charge in [-0.2, -0.15) is 11.8 Å². The molecule has 0 spiro atoms. The Hall–Kier alpha value is -0.950. The van der Waals surface area contributed by atoms with Crippen molar-refractivity contribution >= 4 is 23.8 Å². The van der Waals surface area contributed by atoms with Crippen molar-refractivity contribution in [2.24, 2.45) is 0 Å². The molecule has 1 rings (SSSR count). The molecular formula is C9H16N2O4S. The summed E-state index contributed by atoms with van der Waals surface area (Å²) in [7, 11) is 0. The van der Waals surface area contributed by atoms with E-state index in [1.807, 2.05) is 0 Å². The number of nitrogens with zero attached hydrogens (tertiary/aromatic N) is 1. The van der Waals surface area contributed by atoms with Crippen molar-refractivity contribution in [3.05, 3.63) is 0 Å². The number of aliphatic carboxylic acids is 1. The van der Waals surface area contributed by atoms with Crippen LogP contribution in [0.15, 0.2) is 0 Å². The van der Waals surface area contributed by atoms with Crippen molar-refractivity contribution in [3.63, 3.8) is 0 Å². The van der Waals surface area contributed by atoms with Crippen molar-refractivity contribution < 1.29 is 19.8 Å². The van der Waals surface area contributed by atoms with Crippen LogP contribution >= 0.6 is 11.8 Å². The molecule has 0 aromatic heterocycles. The van der Waals surface area contributed by atoms with Gasteiger partial charge in [-0.05, 0) is 6.92 Å². The van der Waals surface area contributed by atoms with E-state index in [4.69, 9.17) is 5.11 Å². The fraction of sp³-hybridized carbons (Fsp3) is 0.778. The maximum atomic E-state index is 11.6. The highest BCUT2D eigenvalue weighted by molar-refractivity contribution is 7.99. The third-order valence-electron chi connectivity index (χ3n) is 2.34. The number of carbonyl (C=O) groups is 2. The van der Waals surface area contributed by atoms with Gasteiger partial charge in [-0.15, -0.1) is 0 Å². The highest BCUT2D eigenvalue weighted by Crippen LogP contribution is 2.09. The molecule has 1 fully saturated rings. The van der Waals surface area contributed by atoms with Crippen LogP contribution in [0.1, 0.15) is 6.92 Å². The number of amides is 2. The molecule has 1 aliphatic rings. The van der Waals surface area contributed by atoms with Crippen LogP contribution in [0.2, 0.25) is 0 Å². The Morgan fingerprint density at radius 1 is 1.44 bits per heavy atom. The number of hydrogen-bond donors (Lipinski definition) is 3. The van der Waals surface area contributed by atoms with Crippen LogP contribution in [0.5, 0.6) is 0 Å². The molecule has 1 saturated heterocycles. The topological polar surface area (TPSA) is 89.9 Å². The number of thioether (sulfide) groups is 1. The van der Waals surface area contributed by atoms with E-state index in [0.29, 0.717) is 13.1 Å². The Morgan fingerprint density at radius 2 is 2.00 bits per heavy atom. The molecule has 2 amide bonds. The molecule has 1 heterocycles. The molecule has 16 heavy (non-hydrogen) atoms. The van der Waals surface area contributed by atoms with Gasteiger partial charge in [0.2, 0.25) is 0 Å². The first kappa shape index (κ1) is 13.1. The van der Waals surface area contributed by atoms with Crippen LogP contribution in [-0.4, -0.2) is 63.9 Å². The zero-order valence-electron chi connectivity index (χ0n) is 9.10. The molecule has 0 saturated carbocycles. The lowest BCUT2D eigenvalue weighted by atomic mass is 10.1. The first-order valence-electron chi connectivity index (χ1n) is 5.00. The smallest absolute Gasteiger partial charge is 0.337 e. The number of carboxylic acids is 1. The summed E-state index contributed by atoms with van der Waals surface area (Å²) in [6.45, 7) is 2.18. The summed E-state index contributed by atoms with van der Waals surface area (Å²) in [5.41, 5.74) is -1.92. The fourth-order valence-electron chi connectivity index (χ4n) is 1.20. The van der Waals surface area contributed by atoms with Gasteiger partial charge >= 0.3 is 12.0 Å². The molecule has 92 valence electrons. The zero-order chi connectivity index (χ0) is 12.2. The van der Waals surface area contributed by atoms with Crippen LogP contribution in [0, 0.1) is 0 Å². The first-order valence-corrected chi connectivity index (χ1v) is 6.15. The van der Waals surface area contributed by atoms with Crippen LogP contribution in [0.3, 0.4) is 0 Å². The quantitative estimate of drug-likeness (QED) is 0.631. The number of rotatable bonds is 3. The minimum atomic E-state index is -1.92. The molecule has 6 nitrogen and oxygen atoms in total. The van der Waals surface area contributed by atoms with Crippen molar-refractivity contribution in [2.75, 3.05) is 31.1 Å². The largest absolute Gasteiger partial charge is 0.479 e. The molecule has 1 unspecified atom stereocenters. The Bertz CT molecular complexity index is 277. The lowest BCUT2D eigenvalue weighted by molar-refractivity contribution is -0.155. The average Bonchev–Trinajstić information content (AvgIpc) is 2.27. The highest BCUT2D eigenvalue weighted by Gasteiger charge is 2.31. The predicted octanol–water partition coefficient (Wildman–Crippen LogP) is -0.420. The normalized spacial score (nSPS) is 20.0. The second kappa shape index (κ2) is 5.40. The number of carboxylic acid groups (broad SMARTS) is 1. The van der Waals surface area contributed by atoms with E-state index < -0.39 is 11.6 Å². The molecule has 7 heteroatoms. The third kappa shape index (κ3) is 3.57. The van der Waals surface area contributed by atoms with Gasteiger partial charge in [0, 0.05) is 24.6 Å². The maximum absolute atomic E-state index is 11.6. The van der Waals surface area contributed by atoms with Gasteiger partial charge in [-0.25, -0.2) is 9.59 Å². The molecular weight excluding hydrogens is 232 g/mol. The zero-order valence-corrected chi connectivity index (χ0v) is 9.92. The Balaban J connectivity index is 2.37. The molecule has 0 aliphatic carbocycles. The van der Waals surface area contributed by atoms with Gasteiger partial charge < -0.3 is 20.4 Å². The van der Waals surface area contributed by atoms with E-state index in [0.717, 1.165) is 18.4 Å². The van der Waals surface area contributed by atoms with Gasteiger partial charge in [0.15, 0.2) is 5.60 Å². The van der Waals surface area contributed by atoms with Crippen LogP contribution in [0.25, 0.3) is 0 Å². The van der Waals surface area contributed by atoms with Gasteiger partial charge in [0.1, 0.15) is 0 Å². The molecule has 0 aromatic rings. The molecule has 1 atom stereocenters. The van der Waals surface area contributed by atoms with E-state index in [9.17, 15) is 14.7 Å². The summed E-state index contributed by atoms with van der Waals surface area (Å²) in [5, 5.41) is 20.5. The van der Waals surface area contributed by atoms with E-state index in [2.05, 4.69) is 5.32 Å². The molecule has 3 N–H and O–H groups in total. The number of carbonyl (C=O) groups excluding carboxylic acids is 1. The van der Waals surface area contributed by atoms with Crippen molar-refractivity contribution in [1.82, 2.24) is 10.2 Å². The Kier molecular flexibility index (Phi) is 4.43. The van der Waals surface area contributed by atoms with Crippen molar-refractivity contribution in [2.45, 2.75) is 12.5 Å². The number of nitrogens with one attached hydrogen (secondary N) is 1. The SMILES string of the molecule is CC(O)(CNC(=O)N1CCSCC1)C(=O)O. The second-order valence-corrected chi connectivity index (χ2v) is 5.06. The second-order valence-electron chi connectivity index (χ2n) is 3.84. The van der Waals surface area contributed by atoms with Crippen LogP contribution < -0.4 is 5.32 Å². The van der Waals surface area contributed by atoms with Crippen LogP contribution in [-0.2, 0) is 4.79 Å². The minimum absolute atomic E-state index is 0.287. The molecule has 0 radical (unpaired) electrons. The molecule has 1 aliphatic heterocycles. The monoisotopic (exact) mass is 248 g/mol. The maximum Gasteiger partial charge on any atom is 0.337 e. The lowest BCUT2D eigenvalue weighted by Gasteiger charge is -2.28. The summed E-state index contributed by atoms with van der Waals surface area (Å²) in [5.74, 6) is 0.438. The van der Waals surface area contributed by atoms with E-state index in [1.165, 1.54) is 0 Å². The van der Waals surface area contributed by atoms with Gasteiger partial charge in [0.25, 0.3) is 0 Å². The summed E-state index contributed by atoms with van der Waals surface area (Å²) in [6, 6.07) is -0.318. The highest BCUT2D eigenvalue weighted by atomic mass is 32.2. The summed E-state index contributed by atoms with van der Waals surface area (Å²) >= 11 is 1.78. The molecule has 0 bridgehead atoms. The predicted molar refractivity (Wildman–Crippen MR) is 60.6 cm³/mol. The van der Waals surface area contributed by atoms with Crippen molar-refractivity contribution in [3.8, 4) is 0 Å². The third-order valence-corrected chi connectivity index (χ3v) is 3.29. The number of aliphatic hydroxyl groups is 1. The number of urea groups is 1. The van der Waals surface area contributed by atoms with Crippen LogP contribution in [0.4, 0.5) is 4.79 Å². The van der Waals surface area contributed by atoms with Crippen molar-refractivity contribution in [1.29, 1.82) is 0 Å². The Morgan fingerprint density at radius 3 is 2.50 bits per heavy atom. The summed E-state index contributed by atoms with van der Waals surface area (Å²) in [4.78, 5) is 23.8.